The van der Waals surface area contributed by atoms with E-state index in [0.29, 0.717) is 6.54 Å². The molecule has 0 amide bonds. The molecule has 3 N–H and O–H groups in total. The van der Waals surface area contributed by atoms with Gasteiger partial charge in [0.2, 0.25) is 0 Å². The topological polar surface area (TPSA) is 57.7 Å². The van der Waals surface area contributed by atoms with Crippen molar-refractivity contribution in [3.63, 3.8) is 0 Å². The van der Waals surface area contributed by atoms with E-state index in [9.17, 15) is 13.2 Å². The van der Waals surface area contributed by atoms with Gasteiger partial charge in [0.05, 0.1) is 23.5 Å². The second kappa shape index (κ2) is 7.35. The minimum Gasteiger partial charge on any atom is -0.406 e. The van der Waals surface area contributed by atoms with E-state index < -0.39 is 6.36 Å². The lowest BCUT2D eigenvalue weighted by atomic mass is 9.84. The lowest BCUT2D eigenvalue weighted by Gasteiger charge is -2.44. The Bertz CT molecular complexity index is 858. The van der Waals surface area contributed by atoms with E-state index in [2.05, 4.69) is 20.7 Å². The number of rotatable bonds is 3. The highest BCUT2D eigenvalue weighted by atomic mass is 19.4. The first kappa shape index (κ1) is 18.6. The third-order valence-corrected chi connectivity index (χ3v) is 5.04. The van der Waals surface area contributed by atoms with Crippen molar-refractivity contribution in [3.8, 4) is 5.75 Å². The molecule has 0 unspecified atom stereocenters. The molecular weight excluding hydrogens is 369 g/mol. The highest BCUT2D eigenvalue weighted by Crippen LogP contribution is 2.36. The fraction of sp³-hybridized carbons (Fsp3) is 0.350. The summed E-state index contributed by atoms with van der Waals surface area (Å²) in [7, 11) is 0. The Hall–Kier alpha value is -2.74. The van der Waals surface area contributed by atoms with E-state index >= 15 is 0 Å². The van der Waals surface area contributed by atoms with Crippen LogP contribution in [0, 0.1) is 0 Å². The maximum absolute atomic E-state index is 12.3. The van der Waals surface area contributed by atoms with Crippen molar-refractivity contribution >= 4 is 17.2 Å². The number of para-hydroxylation sites is 2. The molecular formula is C20H21F3N4O. The predicted molar refractivity (Wildman–Crippen MR) is 103 cm³/mol. The smallest absolute Gasteiger partial charge is 0.406 e. The molecule has 28 heavy (non-hydrogen) atoms. The number of amidine groups is 1. The Kier molecular flexibility index (Phi) is 4.89. The average molecular weight is 390 g/mol. The van der Waals surface area contributed by atoms with Crippen molar-refractivity contribution in [2.24, 2.45) is 4.99 Å². The van der Waals surface area contributed by atoms with Gasteiger partial charge in [-0.2, -0.15) is 0 Å². The zero-order valence-corrected chi connectivity index (χ0v) is 15.1. The van der Waals surface area contributed by atoms with Crippen LogP contribution < -0.4 is 20.7 Å². The maximum Gasteiger partial charge on any atom is 0.573 e. The van der Waals surface area contributed by atoms with Crippen LogP contribution in [0.3, 0.4) is 0 Å². The molecule has 2 aromatic carbocycles. The molecule has 0 bridgehead atoms. The van der Waals surface area contributed by atoms with Crippen molar-refractivity contribution in [2.45, 2.75) is 31.3 Å². The molecule has 8 heteroatoms. The SMILES string of the molecule is FC(F)(F)Oc1ccc(CN=C2Nc3ccccc3NC23CCNCC3)cc1. The molecule has 4 rings (SSSR count). The Labute approximate surface area is 161 Å². The molecule has 2 aliphatic heterocycles. The summed E-state index contributed by atoms with van der Waals surface area (Å²) in [6.45, 7) is 2.15. The molecule has 0 saturated carbocycles. The van der Waals surface area contributed by atoms with Gasteiger partial charge >= 0.3 is 6.36 Å². The molecule has 1 spiro atoms. The van der Waals surface area contributed by atoms with Crippen LogP contribution in [0.15, 0.2) is 53.5 Å². The largest absolute Gasteiger partial charge is 0.573 e. The number of hydrogen-bond acceptors (Lipinski definition) is 4. The molecule has 0 aliphatic carbocycles. The number of piperidine rings is 1. The summed E-state index contributed by atoms with van der Waals surface area (Å²) in [6.07, 6.45) is -2.90. The standard InChI is InChI=1S/C20H21F3N4O/c21-20(22,23)28-15-7-5-14(6-8-15)13-25-18-19(9-11-24-12-10-19)27-17-4-2-1-3-16(17)26-18/h1-8,24,27H,9-13H2,(H,25,26). The van der Waals surface area contributed by atoms with Gasteiger partial charge in [0.1, 0.15) is 11.6 Å². The fourth-order valence-electron chi connectivity index (χ4n) is 3.64. The van der Waals surface area contributed by atoms with Gasteiger partial charge in [0.15, 0.2) is 0 Å². The molecule has 0 atom stereocenters. The number of anilines is 2. The fourth-order valence-corrected chi connectivity index (χ4v) is 3.64. The number of fused-ring (bicyclic) bond motifs is 1. The van der Waals surface area contributed by atoms with Gasteiger partial charge in [-0.3, -0.25) is 4.99 Å². The van der Waals surface area contributed by atoms with Gasteiger partial charge in [-0.25, -0.2) is 0 Å². The van der Waals surface area contributed by atoms with Crippen LogP contribution in [0.1, 0.15) is 18.4 Å². The van der Waals surface area contributed by atoms with Crippen LogP contribution in [-0.2, 0) is 6.54 Å². The van der Waals surface area contributed by atoms with E-state index in [1.54, 1.807) is 12.1 Å². The number of hydrogen-bond donors (Lipinski definition) is 3. The first-order valence-electron chi connectivity index (χ1n) is 9.18. The van der Waals surface area contributed by atoms with Crippen LogP contribution in [0.25, 0.3) is 0 Å². The number of aliphatic imine (C=N–C) groups is 1. The quantitative estimate of drug-likeness (QED) is 0.737. The lowest BCUT2D eigenvalue weighted by molar-refractivity contribution is -0.274. The first-order chi connectivity index (χ1) is 13.4. The minimum atomic E-state index is -4.69. The lowest BCUT2D eigenvalue weighted by Crippen LogP contribution is -2.57. The van der Waals surface area contributed by atoms with Gasteiger partial charge in [-0.1, -0.05) is 24.3 Å². The normalized spacial score (nSPS) is 19.6. The minimum absolute atomic E-state index is 0.231. The first-order valence-corrected chi connectivity index (χ1v) is 9.18. The van der Waals surface area contributed by atoms with Crippen molar-refractivity contribution in [1.29, 1.82) is 0 Å². The monoisotopic (exact) mass is 390 g/mol. The molecule has 2 aromatic rings. The third-order valence-electron chi connectivity index (χ3n) is 5.04. The summed E-state index contributed by atoms with van der Waals surface area (Å²) < 4.78 is 40.8. The van der Waals surface area contributed by atoms with Gasteiger partial charge in [0, 0.05) is 0 Å². The predicted octanol–water partition coefficient (Wildman–Crippen LogP) is 4.14. The van der Waals surface area contributed by atoms with E-state index in [4.69, 9.17) is 4.99 Å². The van der Waals surface area contributed by atoms with E-state index in [-0.39, 0.29) is 11.3 Å². The summed E-state index contributed by atoms with van der Waals surface area (Å²) >= 11 is 0. The van der Waals surface area contributed by atoms with Crippen molar-refractivity contribution in [3.05, 3.63) is 54.1 Å². The Morgan fingerprint density at radius 2 is 1.64 bits per heavy atom. The number of benzene rings is 2. The van der Waals surface area contributed by atoms with Crippen molar-refractivity contribution in [2.75, 3.05) is 23.7 Å². The zero-order chi connectivity index (χ0) is 19.6. The zero-order valence-electron chi connectivity index (χ0n) is 15.1. The Balaban J connectivity index is 1.55. The van der Waals surface area contributed by atoms with Gasteiger partial charge in [-0.15, -0.1) is 13.2 Å². The third kappa shape index (κ3) is 4.06. The molecule has 0 aromatic heterocycles. The number of halogens is 3. The Morgan fingerprint density at radius 1 is 0.964 bits per heavy atom. The van der Waals surface area contributed by atoms with Crippen molar-refractivity contribution < 1.29 is 17.9 Å². The van der Waals surface area contributed by atoms with Gasteiger partial charge < -0.3 is 20.7 Å². The molecule has 1 fully saturated rings. The highest BCUT2D eigenvalue weighted by molar-refractivity contribution is 6.09. The van der Waals surface area contributed by atoms with Crippen LogP contribution in [0.2, 0.25) is 0 Å². The van der Waals surface area contributed by atoms with E-state index in [1.807, 2.05) is 24.3 Å². The van der Waals surface area contributed by atoms with Gasteiger partial charge in [0.25, 0.3) is 0 Å². The molecule has 0 radical (unpaired) electrons. The van der Waals surface area contributed by atoms with E-state index in [1.165, 1.54) is 12.1 Å². The number of ether oxygens (including phenoxy) is 1. The molecule has 1 saturated heterocycles. The number of nitrogens with one attached hydrogen (secondary N) is 3. The Morgan fingerprint density at radius 3 is 2.32 bits per heavy atom. The van der Waals surface area contributed by atoms with Crippen molar-refractivity contribution in [1.82, 2.24) is 5.32 Å². The number of alkyl halides is 3. The summed E-state index contributed by atoms with van der Waals surface area (Å²) in [5.41, 5.74) is 2.57. The second-order valence-corrected chi connectivity index (χ2v) is 6.98. The summed E-state index contributed by atoms with van der Waals surface area (Å²) in [5, 5.41) is 10.5. The molecule has 5 nitrogen and oxygen atoms in total. The van der Waals surface area contributed by atoms with Crippen LogP contribution in [0.5, 0.6) is 5.75 Å². The average Bonchev–Trinajstić information content (AvgIpc) is 2.67. The van der Waals surface area contributed by atoms with Crippen LogP contribution in [-0.4, -0.2) is 30.8 Å². The molecule has 2 aliphatic rings. The second-order valence-electron chi connectivity index (χ2n) is 6.98. The van der Waals surface area contributed by atoms with Crippen LogP contribution in [0.4, 0.5) is 24.5 Å². The van der Waals surface area contributed by atoms with Gasteiger partial charge in [-0.05, 0) is 55.8 Å². The highest BCUT2D eigenvalue weighted by Gasteiger charge is 2.40. The van der Waals surface area contributed by atoms with Crippen LogP contribution >= 0.6 is 0 Å². The molecule has 148 valence electrons. The summed E-state index contributed by atoms with van der Waals surface area (Å²) in [6, 6.07) is 13.8. The number of nitrogens with zero attached hydrogens (tertiary/aromatic N) is 1. The summed E-state index contributed by atoms with van der Waals surface area (Å²) in [4.78, 5) is 4.79. The summed E-state index contributed by atoms with van der Waals surface area (Å²) in [5.74, 6) is 0.633. The maximum atomic E-state index is 12.3. The molecule has 2 heterocycles. The van der Waals surface area contributed by atoms with E-state index in [0.717, 1.165) is 48.7 Å².